The normalized spacial score (nSPS) is 25.0. The van der Waals surface area contributed by atoms with Crippen LogP contribution in [0.4, 0.5) is 0 Å². The topological polar surface area (TPSA) is 201 Å². The number of hydrogen-bond donors (Lipinski definition) is 9. The van der Waals surface area contributed by atoms with E-state index < -0.39 is 47.9 Å². The van der Waals surface area contributed by atoms with Crippen LogP contribution < -0.4 is 9.47 Å². The van der Waals surface area contributed by atoms with E-state index in [-0.39, 0.29) is 51.2 Å². The zero-order chi connectivity index (χ0) is 29.2. The van der Waals surface area contributed by atoms with Crippen molar-refractivity contribution in [2.45, 2.75) is 36.4 Å². The Hall–Kier alpha value is -4.84. The number of fused-ring (bicyclic) bond motifs is 2. The number of aliphatic hydroxyl groups excluding tert-OH is 3. The van der Waals surface area contributed by atoms with Crippen molar-refractivity contribution in [3.8, 4) is 46.0 Å². The molecule has 0 fully saturated rings. The van der Waals surface area contributed by atoms with Gasteiger partial charge in [0.15, 0.2) is 35.2 Å². The van der Waals surface area contributed by atoms with Crippen LogP contribution in [-0.4, -0.2) is 58.2 Å². The number of phenols is 6. The molecule has 0 radical (unpaired) electrons. The van der Waals surface area contributed by atoms with Crippen molar-refractivity contribution in [2.24, 2.45) is 0 Å². The summed E-state index contributed by atoms with van der Waals surface area (Å²) in [5.41, 5.74) is 1.28. The van der Waals surface area contributed by atoms with Crippen LogP contribution in [0.1, 0.15) is 52.0 Å². The SMILES string of the molecule is Oc1ccc2c(c1)O[C@H](c1ccc(O)c(O)c1)[C@@H](O)[C@@H]2c1cc2c(cc1O)O[C@H](c1ccc(O)c(O)c1)[C@@H](O)[C@H]2O. The Balaban J connectivity index is 1.44. The molecule has 0 aromatic heterocycles. The molecule has 6 atom stereocenters. The standard InChI is InChI=1S/C30H26O11/c31-14-3-4-15-23(9-14)40-29(12-1-5-18(32)21(35)7-12)27(38)25(15)16-10-17-24(11-20(16)34)41-30(28(39)26(17)37)13-2-6-19(33)22(36)8-13/h1-11,25-39H/t25-,26-,27-,28-,29+,30+/m0/s1. The number of benzene rings is 4. The van der Waals surface area contributed by atoms with Crippen LogP contribution in [-0.2, 0) is 0 Å². The molecule has 0 saturated carbocycles. The van der Waals surface area contributed by atoms with Crippen LogP contribution in [0.2, 0.25) is 0 Å². The minimum atomic E-state index is -1.50. The van der Waals surface area contributed by atoms with Gasteiger partial charge in [-0.25, -0.2) is 0 Å². The lowest BCUT2D eigenvalue weighted by molar-refractivity contribution is -0.0702. The van der Waals surface area contributed by atoms with Gasteiger partial charge < -0.3 is 55.4 Å². The monoisotopic (exact) mass is 562 g/mol. The highest BCUT2D eigenvalue weighted by atomic mass is 16.5. The van der Waals surface area contributed by atoms with Gasteiger partial charge in [0.2, 0.25) is 0 Å². The average Bonchev–Trinajstić information content (AvgIpc) is 2.94. The quantitative estimate of drug-likeness (QED) is 0.166. The first-order valence-electron chi connectivity index (χ1n) is 12.6. The van der Waals surface area contributed by atoms with Crippen molar-refractivity contribution in [3.63, 3.8) is 0 Å². The van der Waals surface area contributed by atoms with Gasteiger partial charge in [0.25, 0.3) is 0 Å². The van der Waals surface area contributed by atoms with Crippen LogP contribution in [0.25, 0.3) is 0 Å². The molecular weight excluding hydrogens is 536 g/mol. The lowest BCUT2D eigenvalue weighted by atomic mass is 9.78. The Morgan fingerprint density at radius 1 is 0.463 bits per heavy atom. The van der Waals surface area contributed by atoms with Crippen molar-refractivity contribution in [1.82, 2.24) is 0 Å². The van der Waals surface area contributed by atoms with Crippen LogP contribution in [0.3, 0.4) is 0 Å². The van der Waals surface area contributed by atoms with E-state index in [9.17, 15) is 46.0 Å². The Labute approximate surface area is 232 Å². The van der Waals surface area contributed by atoms with Crippen molar-refractivity contribution in [1.29, 1.82) is 0 Å². The number of rotatable bonds is 3. The highest BCUT2D eigenvalue weighted by Gasteiger charge is 2.43. The highest BCUT2D eigenvalue weighted by molar-refractivity contribution is 5.57. The Morgan fingerprint density at radius 2 is 1.02 bits per heavy atom. The van der Waals surface area contributed by atoms with Crippen LogP contribution in [0.15, 0.2) is 66.7 Å². The van der Waals surface area contributed by atoms with E-state index in [1.807, 2.05) is 0 Å². The van der Waals surface area contributed by atoms with Gasteiger partial charge >= 0.3 is 0 Å². The minimum Gasteiger partial charge on any atom is -0.508 e. The maximum Gasteiger partial charge on any atom is 0.157 e. The van der Waals surface area contributed by atoms with E-state index in [0.29, 0.717) is 11.1 Å². The molecule has 0 aliphatic carbocycles. The third-order valence-electron chi connectivity index (χ3n) is 7.59. The lowest BCUT2D eigenvalue weighted by Crippen LogP contribution is -2.36. The highest BCUT2D eigenvalue weighted by Crippen LogP contribution is 2.52. The molecule has 4 aromatic carbocycles. The average molecular weight is 563 g/mol. The number of hydrogen-bond acceptors (Lipinski definition) is 11. The van der Waals surface area contributed by atoms with Crippen LogP contribution >= 0.6 is 0 Å². The fourth-order valence-electron chi connectivity index (χ4n) is 5.51. The van der Waals surface area contributed by atoms with Gasteiger partial charge in [-0.2, -0.15) is 0 Å². The van der Waals surface area contributed by atoms with Gasteiger partial charge in [0.05, 0.1) is 0 Å². The molecule has 2 heterocycles. The number of aliphatic hydroxyl groups is 3. The van der Waals surface area contributed by atoms with Crippen LogP contribution in [0, 0.1) is 0 Å². The Morgan fingerprint density at radius 3 is 1.61 bits per heavy atom. The number of aromatic hydroxyl groups is 6. The number of ether oxygens (including phenoxy) is 2. The predicted octanol–water partition coefficient (Wildman–Crippen LogP) is 3.07. The third-order valence-corrected chi connectivity index (χ3v) is 7.59. The van der Waals surface area contributed by atoms with Gasteiger partial charge in [-0.1, -0.05) is 18.2 Å². The molecule has 2 aliphatic rings. The zero-order valence-corrected chi connectivity index (χ0v) is 21.2. The first kappa shape index (κ1) is 26.4. The van der Waals surface area contributed by atoms with Crippen molar-refractivity contribution >= 4 is 0 Å². The molecule has 41 heavy (non-hydrogen) atoms. The fourth-order valence-corrected chi connectivity index (χ4v) is 5.51. The largest absolute Gasteiger partial charge is 0.508 e. The minimum absolute atomic E-state index is 0.0501. The van der Waals surface area contributed by atoms with E-state index in [2.05, 4.69) is 0 Å². The molecule has 0 spiro atoms. The molecule has 9 N–H and O–H groups in total. The van der Waals surface area contributed by atoms with Crippen molar-refractivity contribution < 1.29 is 55.4 Å². The molecule has 11 nitrogen and oxygen atoms in total. The predicted molar refractivity (Wildman–Crippen MR) is 141 cm³/mol. The molecule has 0 amide bonds. The van der Waals surface area contributed by atoms with E-state index >= 15 is 0 Å². The molecule has 0 bridgehead atoms. The summed E-state index contributed by atoms with van der Waals surface area (Å²) in [4.78, 5) is 0. The molecule has 11 heteroatoms. The van der Waals surface area contributed by atoms with E-state index in [0.717, 1.165) is 0 Å². The smallest absolute Gasteiger partial charge is 0.157 e. The van der Waals surface area contributed by atoms with Crippen LogP contribution in [0.5, 0.6) is 46.0 Å². The molecule has 0 saturated heterocycles. The van der Waals surface area contributed by atoms with Crippen molar-refractivity contribution in [2.75, 3.05) is 0 Å². The van der Waals surface area contributed by atoms with Gasteiger partial charge in [-0.05, 0) is 47.5 Å². The second-order valence-corrected chi connectivity index (χ2v) is 10.1. The summed E-state index contributed by atoms with van der Waals surface area (Å²) in [7, 11) is 0. The summed E-state index contributed by atoms with van der Waals surface area (Å²) < 4.78 is 11.9. The summed E-state index contributed by atoms with van der Waals surface area (Å²) in [6.45, 7) is 0. The van der Waals surface area contributed by atoms with E-state index in [4.69, 9.17) is 9.47 Å². The van der Waals surface area contributed by atoms with Gasteiger partial charge in [0, 0.05) is 34.7 Å². The maximum absolute atomic E-state index is 11.6. The molecular formula is C30H26O11. The zero-order valence-electron chi connectivity index (χ0n) is 21.2. The molecule has 2 aliphatic heterocycles. The summed E-state index contributed by atoms with van der Waals surface area (Å²) >= 11 is 0. The molecule has 0 unspecified atom stereocenters. The number of phenolic OH excluding ortho intramolecular Hbond substituents is 6. The molecule has 4 aromatic rings. The summed E-state index contributed by atoms with van der Waals surface area (Å²) in [5.74, 6) is -2.75. The first-order chi connectivity index (χ1) is 19.5. The summed E-state index contributed by atoms with van der Waals surface area (Å²) in [5, 5.41) is 94.2. The molecule has 212 valence electrons. The Bertz CT molecular complexity index is 1650. The first-order valence-corrected chi connectivity index (χ1v) is 12.6. The third kappa shape index (κ3) is 4.36. The fraction of sp³-hybridized carbons (Fsp3) is 0.200. The van der Waals surface area contributed by atoms with Crippen molar-refractivity contribution in [3.05, 3.63) is 94.5 Å². The van der Waals surface area contributed by atoms with Gasteiger partial charge in [-0.15, -0.1) is 0 Å². The lowest BCUT2D eigenvalue weighted by Gasteiger charge is -2.39. The second-order valence-electron chi connectivity index (χ2n) is 10.1. The van der Waals surface area contributed by atoms with Gasteiger partial charge in [-0.3, -0.25) is 0 Å². The van der Waals surface area contributed by atoms with Gasteiger partial charge in [0.1, 0.15) is 41.3 Å². The maximum atomic E-state index is 11.6. The van der Waals surface area contributed by atoms with E-state index in [1.54, 1.807) is 0 Å². The second kappa shape index (κ2) is 9.66. The summed E-state index contributed by atoms with van der Waals surface area (Å²) in [6.07, 6.45) is -6.60. The molecule has 6 rings (SSSR count). The van der Waals surface area contributed by atoms with E-state index in [1.165, 1.54) is 66.7 Å². The summed E-state index contributed by atoms with van der Waals surface area (Å²) in [6, 6.07) is 14.7. The Kier molecular flexibility index (Phi) is 6.22.